The second-order valence-electron chi connectivity index (χ2n) is 8.25. The largest absolute Gasteiger partial charge is 0.508 e. The summed E-state index contributed by atoms with van der Waals surface area (Å²) in [5, 5.41) is 21.0. The number of aliphatic hydroxyl groups is 1. The van der Waals surface area contributed by atoms with Crippen LogP contribution >= 0.6 is 0 Å². The third-order valence-corrected chi connectivity index (χ3v) is 5.94. The molecule has 3 aromatic carbocycles. The van der Waals surface area contributed by atoms with Crippen LogP contribution in [0.4, 0.5) is 10.1 Å². The molecule has 1 heterocycles. The Labute approximate surface area is 212 Å². The lowest BCUT2D eigenvalue weighted by Gasteiger charge is -2.25. The smallest absolute Gasteiger partial charge is 0.310 e. The number of aromatic hydroxyl groups is 1. The zero-order valence-electron chi connectivity index (χ0n) is 20.1. The lowest BCUT2D eigenvalue weighted by Crippen LogP contribution is -2.29. The van der Waals surface area contributed by atoms with Gasteiger partial charge in [-0.25, -0.2) is 4.39 Å². The molecule has 4 rings (SSSR count). The van der Waals surface area contributed by atoms with Crippen molar-refractivity contribution in [2.45, 2.75) is 19.4 Å². The number of amides is 1. The van der Waals surface area contributed by atoms with Gasteiger partial charge in [-0.15, -0.1) is 0 Å². The van der Waals surface area contributed by atoms with Crippen LogP contribution in [0.25, 0.3) is 5.76 Å². The van der Waals surface area contributed by atoms with Crippen molar-refractivity contribution >= 4 is 29.1 Å². The second-order valence-corrected chi connectivity index (χ2v) is 8.25. The molecule has 1 amide bonds. The number of phenols is 1. The first-order valence-corrected chi connectivity index (χ1v) is 11.4. The zero-order chi connectivity index (χ0) is 26.7. The molecule has 0 radical (unpaired) electrons. The highest BCUT2D eigenvalue weighted by Crippen LogP contribution is 2.43. The summed E-state index contributed by atoms with van der Waals surface area (Å²) in [6.45, 7) is 1.96. The molecule has 0 spiro atoms. The molecule has 2 N–H and O–H groups in total. The van der Waals surface area contributed by atoms with Gasteiger partial charge in [-0.05, 0) is 60.5 Å². The number of rotatable bonds is 7. The molecular formula is C28H24FNO7. The number of methoxy groups -OCH3 is 1. The number of phenolic OH excluding ortho intramolecular Hbond substituents is 1. The summed E-state index contributed by atoms with van der Waals surface area (Å²) in [7, 11) is 1.33. The molecule has 1 fully saturated rings. The Bertz CT molecular complexity index is 1380. The van der Waals surface area contributed by atoms with Gasteiger partial charge in [0.15, 0.2) is 0 Å². The number of Topliss-reactive ketones (excluding diaryl/α,β-unsaturated/α-hetero) is 1. The minimum absolute atomic E-state index is 0.0316. The molecule has 3 aromatic rings. The maximum absolute atomic E-state index is 14.1. The van der Waals surface area contributed by atoms with Crippen LogP contribution in [0.15, 0.2) is 72.3 Å². The molecule has 1 aliphatic rings. The number of benzene rings is 3. The van der Waals surface area contributed by atoms with Crippen LogP contribution in [0.5, 0.6) is 11.5 Å². The van der Waals surface area contributed by atoms with Gasteiger partial charge in [0.1, 0.15) is 23.1 Å². The Morgan fingerprint density at radius 3 is 2.32 bits per heavy atom. The molecule has 0 bridgehead atoms. The Morgan fingerprint density at radius 1 is 1.03 bits per heavy atom. The average molecular weight is 505 g/mol. The van der Waals surface area contributed by atoms with Crippen LogP contribution in [0.3, 0.4) is 0 Å². The number of hydrogen-bond donors (Lipinski definition) is 2. The van der Waals surface area contributed by atoms with Crippen molar-refractivity contribution in [1.29, 1.82) is 0 Å². The molecule has 0 aliphatic carbocycles. The van der Waals surface area contributed by atoms with E-state index >= 15 is 0 Å². The van der Waals surface area contributed by atoms with Gasteiger partial charge in [0, 0.05) is 5.69 Å². The van der Waals surface area contributed by atoms with Crippen LogP contribution in [0.1, 0.15) is 29.7 Å². The maximum atomic E-state index is 14.1. The summed E-state index contributed by atoms with van der Waals surface area (Å²) in [6.07, 6.45) is 0.0354. The van der Waals surface area contributed by atoms with Crippen LogP contribution in [0.2, 0.25) is 0 Å². The molecule has 1 atom stereocenters. The molecule has 1 aliphatic heterocycles. The maximum Gasteiger partial charge on any atom is 0.310 e. The van der Waals surface area contributed by atoms with E-state index in [0.29, 0.717) is 16.8 Å². The SMILES string of the molecule is CCOC(=O)Cc1ccc(N2C(=O)C(=O)/C(=C(/O)c3cc(F)ccc3OC)C2c2ccc(O)cc2)cc1. The van der Waals surface area contributed by atoms with Crippen molar-refractivity contribution in [3.05, 3.63) is 94.8 Å². The number of nitrogens with zero attached hydrogens (tertiary/aromatic N) is 1. The number of esters is 1. The van der Waals surface area contributed by atoms with E-state index in [1.54, 1.807) is 31.2 Å². The summed E-state index contributed by atoms with van der Waals surface area (Å²) in [4.78, 5) is 39.6. The fraction of sp³-hybridized carbons (Fsp3) is 0.179. The lowest BCUT2D eigenvalue weighted by molar-refractivity contribution is -0.142. The van der Waals surface area contributed by atoms with Crippen molar-refractivity contribution in [2.24, 2.45) is 0 Å². The highest BCUT2D eigenvalue weighted by Gasteiger charge is 2.47. The van der Waals surface area contributed by atoms with Crippen LogP contribution in [0, 0.1) is 5.82 Å². The predicted octanol–water partition coefficient (Wildman–Crippen LogP) is 4.27. The van der Waals surface area contributed by atoms with E-state index in [0.717, 1.165) is 12.1 Å². The minimum atomic E-state index is -1.09. The number of aliphatic hydroxyl groups excluding tert-OH is 1. The van der Waals surface area contributed by atoms with E-state index in [-0.39, 0.29) is 35.7 Å². The quantitative estimate of drug-likeness (QED) is 0.213. The summed E-state index contributed by atoms with van der Waals surface area (Å²) < 4.78 is 24.3. The predicted molar refractivity (Wildman–Crippen MR) is 133 cm³/mol. The minimum Gasteiger partial charge on any atom is -0.508 e. The van der Waals surface area contributed by atoms with Gasteiger partial charge in [-0.1, -0.05) is 24.3 Å². The molecule has 37 heavy (non-hydrogen) atoms. The molecule has 8 nitrogen and oxygen atoms in total. The van der Waals surface area contributed by atoms with E-state index in [1.807, 2.05) is 0 Å². The van der Waals surface area contributed by atoms with Gasteiger partial charge < -0.3 is 19.7 Å². The Kier molecular flexibility index (Phi) is 7.24. The highest BCUT2D eigenvalue weighted by molar-refractivity contribution is 6.51. The summed E-state index contributed by atoms with van der Waals surface area (Å²) >= 11 is 0. The van der Waals surface area contributed by atoms with Gasteiger partial charge in [-0.2, -0.15) is 0 Å². The van der Waals surface area contributed by atoms with Gasteiger partial charge in [-0.3, -0.25) is 19.3 Å². The number of carbonyl (C=O) groups is 3. The number of hydrogen-bond acceptors (Lipinski definition) is 7. The standard InChI is InChI=1S/C28H24FNO7/c1-3-37-23(32)14-16-4-9-19(10-5-16)30-25(17-6-11-20(31)12-7-17)24(27(34)28(30)35)26(33)21-15-18(29)8-13-22(21)36-2/h4-13,15,25,31,33H,3,14H2,1-2H3/b26-24+. The van der Waals surface area contributed by atoms with Crippen molar-refractivity contribution in [1.82, 2.24) is 0 Å². The highest BCUT2D eigenvalue weighted by atomic mass is 19.1. The molecule has 0 aromatic heterocycles. The normalized spacial score (nSPS) is 16.6. The summed E-state index contributed by atoms with van der Waals surface area (Å²) in [6, 6.07) is 14.6. The average Bonchev–Trinajstić information content (AvgIpc) is 3.15. The Balaban J connectivity index is 1.85. The van der Waals surface area contributed by atoms with E-state index < -0.39 is 35.3 Å². The fourth-order valence-corrected chi connectivity index (χ4v) is 4.23. The topological polar surface area (TPSA) is 113 Å². The van der Waals surface area contributed by atoms with Crippen molar-refractivity contribution in [2.75, 3.05) is 18.6 Å². The number of carbonyl (C=O) groups excluding carboxylic acids is 3. The molecule has 9 heteroatoms. The van der Waals surface area contributed by atoms with E-state index in [1.165, 1.54) is 42.3 Å². The van der Waals surface area contributed by atoms with E-state index in [2.05, 4.69) is 0 Å². The number of ketones is 1. The third kappa shape index (κ3) is 5.02. The van der Waals surface area contributed by atoms with Gasteiger partial charge in [0.2, 0.25) is 0 Å². The third-order valence-electron chi connectivity index (χ3n) is 5.94. The molecule has 1 saturated heterocycles. The fourth-order valence-electron chi connectivity index (χ4n) is 4.23. The summed E-state index contributed by atoms with van der Waals surface area (Å²) in [5.41, 5.74) is 1.04. The molecule has 1 unspecified atom stereocenters. The zero-order valence-corrected chi connectivity index (χ0v) is 20.1. The van der Waals surface area contributed by atoms with Crippen LogP contribution in [-0.4, -0.2) is 41.6 Å². The van der Waals surface area contributed by atoms with Gasteiger partial charge >= 0.3 is 5.97 Å². The van der Waals surface area contributed by atoms with Crippen molar-refractivity contribution in [3.8, 4) is 11.5 Å². The number of ether oxygens (including phenoxy) is 2. The second kappa shape index (κ2) is 10.5. The van der Waals surface area contributed by atoms with Crippen LogP contribution < -0.4 is 9.64 Å². The van der Waals surface area contributed by atoms with E-state index in [4.69, 9.17) is 9.47 Å². The molecule has 0 saturated carbocycles. The molecular weight excluding hydrogens is 481 g/mol. The monoisotopic (exact) mass is 505 g/mol. The Morgan fingerprint density at radius 2 is 1.70 bits per heavy atom. The first-order chi connectivity index (χ1) is 17.7. The molecule has 190 valence electrons. The summed E-state index contributed by atoms with van der Waals surface area (Å²) in [5.74, 6) is -3.48. The van der Waals surface area contributed by atoms with E-state index in [9.17, 15) is 29.0 Å². The van der Waals surface area contributed by atoms with Crippen LogP contribution in [-0.2, 0) is 25.5 Å². The first kappa shape index (κ1) is 25.4. The van der Waals surface area contributed by atoms with Gasteiger partial charge in [0.05, 0.1) is 37.3 Å². The van der Waals surface area contributed by atoms with Crippen molar-refractivity contribution in [3.63, 3.8) is 0 Å². The number of halogens is 1. The van der Waals surface area contributed by atoms with Crippen molar-refractivity contribution < 1.29 is 38.5 Å². The Hall–Kier alpha value is -4.66. The lowest BCUT2D eigenvalue weighted by atomic mass is 9.94. The first-order valence-electron chi connectivity index (χ1n) is 11.4. The number of anilines is 1. The van der Waals surface area contributed by atoms with Gasteiger partial charge in [0.25, 0.3) is 11.7 Å².